The second-order valence-corrected chi connectivity index (χ2v) is 5.90. The molecule has 0 aromatic heterocycles. The quantitative estimate of drug-likeness (QED) is 0.529. The topological polar surface area (TPSA) is 18.5 Å². The van der Waals surface area contributed by atoms with Gasteiger partial charge in [-0.05, 0) is 43.5 Å². The highest BCUT2D eigenvalue weighted by Gasteiger charge is 2.01. The molecule has 0 aliphatic carbocycles. The van der Waals surface area contributed by atoms with E-state index in [1.807, 2.05) is 97.9 Å². The molecule has 0 fully saturated rings. The molecule has 3 aromatic rings. The van der Waals surface area contributed by atoms with Crippen LogP contribution in [0.5, 0.6) is 5.75 Å². The fourth-order valence-corrected chi connectivity index (χ4v) is 2.50. The number of thiocarbonyl (C=S) groups is 2. The average Bonchev–Trinajstić information content (AvgIpc) is 2.71. The van der Waals surface area contributed by atoms with Crippen molar-refractivity contribution in [3.8, 4) is 5.75 Å². The van der Waals surface area contributed by atoms with Crippen molar-refractivity contribution in [2.45, 2.75) is 6.92 Å². The molecule has 0 atom stereocenters. The molecule has 2 nitrogen and oxygen atoms in total. The van der Waals surface area contributed by atoms with Crippen molar-refractivity contribution in [1.82, 2.24) is 0 Å². The van der Waals surface area contributed by atoms with Gasteiger partial charge >= 0.3 is 0 Å². The van der Waals surface area contributed by atoms with Crippen molar-refractivity contribution in [3.63, 3.8) is 0 Å². The van der Waals surface area contributed by atoms with Gasteiger partial charge in [0.15, 0.2) is 10.1 Å². The number of benzene rings is 3. The third kappa shape index (κ3) is 6.75. The third-order valence-electron chi connectivity index (χ3n) is 3.25. The minimum absolute atomic E-state index is 0.502. The molecule has 3 aromatic carbocycles. The van der Waals surface area contributed by atoms with Gasteiger partial charge < -0.3 is 9.47 Å². The highest BCUT2D eigenvalue weighted by atomic mass is 32.1. The molecule has 0 amide bonds. The van der Waals surface area contributed by atoms with E-state index in [9.17, 15) is 0 Å². The molecule has 0 unspecified atom stereocenters. The summed E-state index contributed by atoms with van der Waals surface area (Å²) in [7, 11) is 0. The standard InChI is InChI=1S/C13H10OS.C9H10OS/c15-13(11-7-3-1-4-8-11)14-12-9-5-2-6-10-12;1-2-10-9(11)8-6-4-3-5-7-8/h1-10H;3-7H,2H2,1H3. The monoisotopic (exact) mass is 380 g/mol. The second-order valence-electron chi connectivity index (χ2n) is 5.16. The maximum absolute atomic E-state index is 5.53. The zero-order chi connectivity index (χ0) is 18.6. The van der Waals surface area contributed by atoms with Gasteiger partial charge in [0.25, 0.3) is 0 Å². The normalized spacial score (nSPS) is 9.42. The number of rotatable bonds is 4. The van der Waals surface area contributed by atoms with E-state index in [0.29, 0.717) is 16.7 Å². The molecule has 0 saturated carbocycles. The Kier molecular flexibility index (Phi) is 8.46. The molecule has 0 spiro atoms. The maximum atomic E-state index is 5.53. The van der Waals surface area contributed by atoms with Crippen LogP contribution in [0.1, 0.15) is 18.1 Å². The Labute approximate surface area is 165 Å². The van der Waals surface area contributed by atoms with Crippen LogP contribution in [0, 0.1) is 0 Å². The minimum atomic E-state index is 0.502. The van der Waals surface area contributed by atoms with Crippen LogP contribution in [0.2, 0.25) is 0 Å². The highest BCUT2D eigenvalue weighted by molar-refractivity contribution is 7.80. The van der Waals surface area contributed by atoms with E-state index in [2.05, 4.69) is 0 Å². The van der Waals surface area contributed by atoms with Gasteiger partial charge in [-0.15, -0.1) is 0 Å². The van der Waals surface area contributed by atoms with Crippen molar-refractivity contribution in [3.05, 3.63) is 102 Å². The Morgan fingerprint density at radius 2 is 1.08 bits per heavy atom. The summed E-state index contributed by atoms with van der Waals surface area (Å²) in [5.41, 5.74) is 1.90. The third-order valence-corrected chi connectivity index (χ3v) is 3.92. The molecule has 0 heterocycles. The van der Waals surface area contributed by atoms with Crippen molar-refractivity contribution in [2.24, 2.45) is 0 Å². The number of hydrogen-bond acceptors (Lipinski definition) is 4. The number of hydrogen-bond donors (Lipinski definition) is 0. The van der Waals surface area contributed by atoms with Crippen LogP contribution >= 0.6 is 24.4 Å². The SMILES string of the molecule is CCOC(=S)c1ccccc1.S=C(Oc1ccccc1)c1ccccc1. The van der Waals surface area contributed by atoms with E-state index in [1.165, 1.54) is 0 Å². The predicted molar refractivity (Wildman–Crippen MR) is 115 cm³/mol. The Bertz CT molecular complexity index is 803. The highest BCUT2D eigenvalue weighted by Crippen LogP contribution is 2.12. The number of ether oxygens (including phenoxy) is 2. The van der Waals surface area contributed by atoms with Crippen molar-refractivity contribution < 1.29 is 9.47 Å². The van der Waals surface area contributed by atoms with Crippen LogP contribution in [0.3, 0.4) is 0 Å². The summed E-state index contributed by atoms with van der Waals surface area (Å²) in [6.07, 6.45) is 0. The molecule has 26 heavy (non-hydrogen) atoms. The van der Waals surface area contributed by atoms with Gasteiger partial charge in [0.1, 0.15) is 5.75 Å². The van der Waals surface area contributed by atoms with Crippen LogP contribution < -0.4 is 4.74 Å². The lowest BCUT2D eigenvalue weighted by atomic mass is 10.2. The lowest BCUT2D eigenvalue weighted by Crippen LogP contribution is -2.06. The lowest BCUT2D eigenvalue weighted by Gasteiger charge is -2.06. The first kappa shape index (κ1) is 19.8. The van der Waals surface area contributed by atoms with E-state index in [1.54, 1.807) is 0 Å². The molecule has 0 radical (unpaired) electrons. The Balaban J connectivity index is 0.000000197. The molecule has 4 heteroatoms. The summed E-state index contributed by atoms with van der Waals surface area (Å²) in [6, 6.07) is 29.0. The smallest absolute Gasteiger partial charge is 0.198 e. The van der Waals surface area contributed by atoms with Crippen LogP contribution in [-0.2, 0) is 4.74 Å². The Morgan fingerprint density at radius 3 is 1.54 bits per heavy atom. The average molecular weight is 381 g/mol. The molecule has 0 aliphatic heterocycles. The molecule has 132 valence electrons. The van der Waals surface area contributed by atoms with Crippen LogP contribution in [0.4, 0.5) is 0 Å². The summed E-state index contributed by atoms with van der Waals surface area (Å²) in [6.45, 7) is 2.56. The van der Waals surface area contributed by atoms with Crippen molar-refractivity contribution in [1.29, 1.82) is 0 Å². The van der Waals surface area contributed by atoms with Gasteiger partial charge in [-0.2, -0.15) is 0 Å². The maximum Gasteiger partial charge on any atom is 0.198 e. The first-order valence-electron chi connectivity index (χ1n) is 8.25. The van der Waals surface area contributed by atoms with Gasteiger partial charge in [-0.3, -0.25) is 0 Å². The van der Waals surface area contributed by atoms with E-state index >= 15 is 0 Å². The summed E-state index contributed by atoms with van der Waals surface area (Å²) < 4.78 is 10.7. The van der Waals surface area contributed by atoms with Crippen LogP contribution in [0.15, 0.2) is 91.0 Å². The summed E-state index contributed by atoms with van der Waals surface area (Å²) in [4.78, 5) is 0. The molecule has 0 bridgehead atoms. The fraction of sp³-hybridized carbons (Fsp3) is 0.0909. The predicted octanol–water partition coefficient (Wildman–Crippen LogP) is 5.84. The first-order chi connectivity index (χ1) is 12.7. The van der Waals surface area contributed by atoms with Crippen molar-refractivity contribution >= 4 is 34.5 Å². The Hall–Kier alpha value is -2.56. The van der Waals surface area contributed by atoms with Crippen molar-refractivity contribution in [2.75, 3.05) is 6.61 Å². The molecule has 0 saturated heterocycles. The van der Waals surface area contributed by atoms with E-state index in [-0.39, 0.29) is 0 Å². The largest absolute Gasteiger partial charge is 0.483 e. The van der Waals surface area contributed by atoms with E-state index in [4.69, 9.17) is 33.9 Å². The van der Waals surface area contributed by atoms with Gasteiger partial charge in [0, 0.05) is 11.1 Å². The van der Waals surface area contributed by atoms with Gasteiger partial charge in [0.2, 0.25) is 0 Å². The van der Waals surface area contributed by atoms with Crippen LogP contribution in [0.25, 0.3) is 0 Å². The molecular formula is C22H20O2S2. The second kappa shape index (κ2) is 11.1. The van der Waals surface area contributed by atoms with E-state index < -0.39 is 0 Å². The van der Waals surface area contributed by atoms with Gasteiger partial charge in [-0.1, -0.05) is 78.9 Å². The molecular weight excluding hydrogens is 360 g/mol. The summed E-state index contributed by atoms with van der Waals surface area (Å²) >= 11 is 10.2. The zero-order valence-corrected chi connectivity index (χ0v) is 16.1. The van der Waals surface area contributed by atoms with Gasteiger partial charge in [0.05, 0.1) is 6.61 Å². The summed E-state index contributed by atoms with van der Waals surface area (Å²) in [5.74, 6) is 0.770. The van der Waals surface area contributed by atoms with Crippen LogP contribution in [-0.4, -0.2) is 16.7 Å². The molecule has 0 N–H and O–H groups in total. The number of para-hydroxylation sites is 1. The zero-order valence-electron chi connectivity index (χ0n) is 14.5. The Morgan fingerprint density at radius 1 is 0.654 bits per heavy atom. The first-order valence-corrected chi connectivity index (χ1v) is 9.06. The molecule has 0 aliphatic rings. The van der Waals surface area contributed by atoms with E-state index in [0.717, 1.165) is 16.9 Å². The lowest BCUT2D eigenvalue weighted by molar-refractivity contribution is 0.337. The van der Waals surface area contributed by atoms with Gasteiger partial charge in [-0.25, -0.2) is 0 Å². The summed E-state index contributed by atoms with van der Waals surface area (Å²) in [5, 5.41) is 1.08. The fourth-order valence-electron chi connectivity index (χ4n) is 2.02. The minimum Gasteiger partial charge on any atom is -0.483 e. The molecule has 3 rings (SSSR count).